The van der Waals surface area contributed by atoms with E-state index in [0.29, 0.717) is 12.1 Å². The van der Waals surface area contributed by atoms with Gasteiger partial charge in [-0.1, -0.05) is 43.0 Å². The minimum atomic E-state index is -0.332. The van der Waals surface area contributed by atoms with Gasteiger partial charge in [0.05, 0.1) is 12.1 Å². The normalized spacial score (nSPS) is 23.9. The average Bonchev–Trinajstić information content (AvgIpc) is 3.25. The van der Waals surface area contributed by atoms with Crippen LogP contribution in [0.25, 0.3) is 0 Å². The van der Waals surface area contributed by atoms with Crippen LogP contribution in [0.3, 0.4) is 0 Å². The summed E-state index contributed by atoms with van der Waals surface area (Å²) in [5.74, 6) is 0.143. The Labute approximate surface area is 188 Å². The number of carbonyl (C=O) groups excluding carboxylic acids is 2. The maximum atomic E-state index is 12.9. The summed E-state index contributed by atoms with van der Waals surface area (Å²) >= 11 is 0. The van der Waals surface area contributed by atoms with Gasteiger partial charge >= 0.3 is 6.09 Å². The van der Waals surface area contributed by atoms with Crippen LogP contribution in [0.4, 0.5) is 10.5 Å². The van der Waals surface area contributed by atoms with Crippen LogP contribution < -0.4 is 10.6 Å². The Kier molecular flexibility index (Phi) is 5.60. The summed E-state index contributed by atoms with van der Waals surface area (Å²) in [6.07, 6.45) is 5.37. The van der Waals surface area contributed by atoms with E-state index in [1.807, 2.05) is 41.3 Å². The molecular weight excluding hydrogens is 402 g/mol. The molecule has 0 radical (unpaired) electrons. The molecule has 2 amide bonds. The highest BCUT2D eigenvalue weighted by Gasteiger charge is 2.47. The van der Waals surface area contributed by atoms with Gasteiger partial charge in [0.15, 0.2) is 0 Å². The highest BCUT2D eigenvalue weighted by atomic mass is 16.6. The van der Waals surface area contributed by atoms with Gasteiger partial charge in [-0.15, -0.1) is 0 Å². The standard InChI is InChI=1S/C26H29N3O3/c1-2-15-32-26(31)29-14-13-20-23(17-7-4-3-5-8-17)28-22-12-11-18(16-21(22)24(20)29)25(30)27-19-9-6-10-19/h2-5,7-8,11-12,16,19-20,23-24,28H,1,6,9-10,13-15H2,(H,27,30)/t20-,23?,24-/m0/s1. The Morgan fingerprint density at radius 3 is 2.69 bits per heavy atom. The maximum Gasteiger partial charge on any atom is 0.410 e. The van der Waals surface area contributed by atoms with Crippen molar-refractivity contribution in [1.82, 2.24) is 10.2 Å². The average molecular weight is 432 g/mol. The van der Waals surface area contributed by atoms with Crippen LogP contribution in [-0.2, 0) is 4.74 Å². The first-order valence-electron chi connectivity index (χ1n) is 11.5. The summed E-state index contributed by atoms with van der Waals surface area (Å²) < 4.78 is 5.40. The molecule has 2 fully saturated rings. The molecule has 6 heteroatoms. The fraction of sp³-hybridized carbons (Fsp3) is 0.385. The number of likely N-dealkylation sites (tertiary alicyclic amines) is 1. The van der Waals surface area contributed by atoms with Gasteiger partial charge in [0, 0.05) is 29.8 Å². The minimum absolute atomic E-state index is 0.0435. The summed E-state index contributed by atoms with van der Waals surface area (Å²) in [5.41, 5.74) is 3.78. The van der Waals surface area contributed by atoms with Gasteiger partial charge in [-0.2, -0.15) is 0 Å². The predicted octanol–water partition coefficient (Wildman–Crippen LogP) is 4.82. The molecule has 6 nitrogen and oxygen atoms in total. The van der Waals surface area contributed by atoms with E-state index in [1.165, 1.54) is 12.0 Å². The molecule has 2 aliphatic heterocycles. The number of fused-ring (bicyclic) bond motifs is 3. The highest BCUT2D eigenvalue weighted by molar-refractivity contribution is 5.95. The number of ether oxygens (including phenoxy) is 1. The molecule has 5 rings (SSSR count). The first kappa shape index (κ1) is 20.6. The molecule has 2 aromatic carbocycles. The van der Waals surface area contributed by atoms with Crippen LogP contribution in [0, 0.1) is 5.92 Å². The number of amides is 2. The molecule has 166 valence electrons. The number of nitrogens with zero attached hydrogens (tertiary/aromatic N) is 1. The molecule has 1 saturated carbocycles. The Morgan fingerprint density at radius 1 is 1.16 bits per heavy atom. The third-order valence-electron chi connectivity index (χ3n) is 6.97. The summed E-state index contributed by atoms with van der Waals surface area (Å²) in [4.78, 5) is 27.5. The van der Waals surface area contributed by atoms with Crippen molar-refractivity contribution in [1.29, 1.82) is 0 Å². The molecule has 0 spiro atoms. The zero-order valence-corrected chi connectivity index (χ0v) is 18.1. The van der Waals surface area contributed by atoms with Crippen LogP contribution in [0.15, 0.2) is 61.2 Å². The van der Waals surface area contributed by atoms with Crippen LogP contribution in [0.2, 0.25) is 0 Å². The lowest BCUT2D eigenvalue weighted by atomic mass is 9.79. The van der Waals surface area contributed by atoms with E-state index >= 15 is 0 Å². The smallest absolute Gasteiger partial charge is 0.410 e. The first-order chi connectivity index (χ1) is 15.7. The van der Waals surface area contributed by atoms with Crippen molar-refractivity contribution >= 4 is 17.7 Å². The third kappa shape index (κ3) is 3.74. The van der Waals surface area contributed by atoms with Crippen molar-refractivity contribution in [3.63, 3.8) is 0 Å². The Morgan fingerprint density at radius 2 is 1.97 bits per heavy atom. The van der Waals surface area contributed by atoms with Gasteiger partial charge < -0.3 is 20.3 Å². The second-order valence-electron chi connectivity index (χ2n) is 8.89. The Hall–Kier alpha value is -3.28. The fourth-order valence-corrected chi connectivity index (χ4v) is 5.15. The lowest BCUT2D eigenvalue weighted by Gasteiger charge is -2.40. The van der Waals surface area contributed by atoms with E-state index in [0.717, 1.165) is 30.5 Å². The topological polar surface area (TPSA) is 70.7 Å². The van der Waals surface area contributed by atoms with E-state index in [4.69, 9.17) is 4.74 Å². The number of carbonyl (C=O) groups is 2. The van der Waals surface area contributed by atoms with Crippen LogP contribution >= 0.6 is 0 Å². The van der Waals surface area contributed by atoms with Crippen LogP contribution in [0.1, 0.15) is 59.3 Å². The molecule has 3 aliphatic rings. The summed E-state index contributed by atoms with van der Waals surface area (Å²) in [7, 11) is 0. The molecule has 1 aliphatic carbocycles. The van der Waals surface area contributed by atoms with E-state index in [9.17, 15) is 9.59 Å². The molecular formula is C26H29N3O3. The van der Waals surface area contributed by atoms with Crippen molar-refractivity contribution in [2.45, 2.75) is 43.8 Å². The number of hydrogen-bond donors (Lipinski definition) is 2. The number of hydrogen-bond acceptors (Lipinski definition) is 4. The lowest BCUT2D eigenvalue weighted by molar-refractivity contribution is 0.0916. The second-order valence-corrected chi connectivity index (χ2v) is 8.89. The van der Waals surface area contributed by atoms with Crippen LogP contribution in [0.5, 0.6) is 0 Å². The zero-order valence-electron chi connectivity index (χ0n) is 18.1. The second kappa shape index (κ2) is 8.69. The maximum absolute atomic E-state index is 12.9. The number of nitrogens with one attached hydrogen (secondary N) is 2. The number of rotatable bonds is 5. The zero-order chi connectivity index (χ0) is 22.1. The van der Waals surface area contributed by atoms with E-state index in [-0.39, 0.29) is 42.7 Å². The van der Waals surface area contributed by atoms with E-state index < -0.39 is 0 Å². The van der Waals surface area contributed by atoms with Gasteiger partial charge in [-0.3, -0.25) is 4.79 Å². The molecule has 1 unspecified atom stereocenters. The summed E-state index contributed by atoms with van der Waals surface area (Å²) in [6, 6.07) is 16.4. The van der Waals surface area contributed by atoms with Gasteiger partial charge in [-0.05, 0) is 55.0 Å². The fourth-order valence-electron chi connectivity index (χ4n) is 5.15. The van der Waals surface area contributed by atoms with Crippen molar-refractivity contribution in [3.8, 4) is 0 Å². The molecule has 3 atom stereocenters. The molecule has 2 N–H and O–H groups in total. The number of benzene rings is 2. The van der Waals surface area contributed by atoms with Crippen molar-refractivity contribution in [2.24, 2.45) is 5.92 Å². The van der Waals surface area contributed by atoms with E-state index in [1.54, 1.807) is 6.08 Å². The van der Waals surface area contributed by atoms with Gasteiger partial charge in [0.25, 0.3) is 5.91 Å². The summed E-state index contributed by atoms with van der Waals surface area (Å²) in [5, 5.41) is 6.81. The SMILES string of the molecule is C=CCOC(=O)N1CC[C@H]2C(c3ccccc3)Nc3ccc(C(=O)NC4CCC4)cc3[C@H]21. The molecule has 2 aromatic rings. The lowest BCUT2D eigenvalue weighted by Crippen LogP contribution is -2.40. The van der Waals surface area contributed by atoms with Crippen LogP contribution in [-0.4, -0.2) is 36.1 Å². The Balaban J connectivity index is 1.50. The minimum Gasteiger partial charge on any atom is -0.445 e. The molecule has 32 heavy (non-hydrogen) atoms. The monoisotopic (exact) mass is 431 g/mol. The molecule has 0 bridgehead atoms. The first-order valence-corrected chi connectivity index (χ1v) is 11.5. The predicted molar refractivity (Wildman–Crippen MR) is 123 cm³/mol. The van der Waals surface area contributed by atoms with Gasteiger partial charge in [-0.25, -0.2) is 4.79 Å². The van der Waals surface area contributed by atoms with Gasteiger partial charge in [0.2, 0.25) is 0 Å². The quantitative estimate of drug-likeness (QED) is 0.666. The van der Waals surface area contributed by atoms with Crippen molar-refractivity contribution < 1.29 is 14.3 Å². The Bertz CT molecular complexity index is 1020. The van der Waals surface area contributed by atoms with Gasteiger partial charge in [0.1, 0.15) is 6.61 Å². The summed E-state index contributed by atoms with van der Waals surface area (Å²) in [6.45, 7) is 4.45. The van der Waals surface area contributed by atoms with Crippen molar-refractivity contribution in [3.05, 3.63) is 77.9 Å². The highest BCUT2D eigenvalue weighted by Crippen LogP contribution is 2.51. The molecule has 1 saturated heterocycles. The largest absolute Gasteiger partial charge is 0.445 e. The molecule has 2 heterocycles. The van der Waals surface area contributed by atoms with E-state index in [2.05, 4.69) is 29.3 Å². The van der Waals surface area contributed by atoms with Crippen molar-refractivity contribution in [2.75, 3.05) is 18.5 Å². The number of anilines is 1. The third-order valence-corrected chi connectivity index (χ3v) is 6.97. The molecule has 0 aromatic heterocycles.